The van der Waals surface area contributed by atoms with Crippen molar-refractivity contribution in [3.63, 3.8) is 0 Å². The highest BCUT2D eigenvalue weighted by atomic mass is 16.5. The number of ether oxygens (including phenoxy) is 1. The lowest BCUT2D eigenvalue weighted by Gasteiger charge is -2.15. The van der Waals surface area contributed by atoms with Gasteiger partial charge in [0, 0.05) is 13.1 Å². The number of amides is 1. The molecule has 2 saturated heterocycles. The second-order valence-corrected chi connectivity index (χ2v) is 5.25. The highest BCUT2D eigenvalue weighted by molar-refractivity contribution is 5.80. The number of nitrogens with one attached hydrogen (secondary N) is 1. The molecule has 2 aliphatic rings. The van der Waals surface area contributed by atoms with Gasteiger partial charge in [-0.1, -0.05) is 0 Å². The molecule has 2 unspecified atom stereocenters. The molecule has 5 heteroatoms. The third-order valence-electron chi connectivity index (χ3n) is 3.81. The van der Waals surface area contributed by atoms with Gasteiger partial charge in [0.15, 0.2) is 0 Å². The van der Waals surface area contributed by atoms with Crippen LogP contribution in [0.5, 0.6) is 0 Å². The average Bonchev–Trinajstić information content (AvgIpc) is 3.05. The fourth-order valence-electron chi connectivity index (χ4n) is 2.71. The van der Waals surface area contributed by atoms with Gasteiger partial charge < -0.3 is 20.7 Å². The van der Waals surface area contributed by atoms with Gasteiger partial charge in [0.25, 0.3) is 0 Å². The summed E-state index contributed by atoms with van der Waals surface area (Å²) in [5.74, 6) is 0.0346. The summed E-state index contributed by atoms with van der Waals surface area (Å²) in [5.41, 5.74) is 5.53. The molecule has 104 valence electrons. The van der Waals surface area contributed by atoms with Crippen LogP contribution in [0.15, 0.2) is 0 Å². The maximum Gasteiger partial charge on any atom is 0.249 e. The maximum absolute atomic E-state index is 11.8. The molecule has 0 saturated carbocycles. The lowest BCUT2D eigenvalue weighted by molar-refractivity contribution is -0.131. The highest BCUT2D eigenvalue weighted by Gasteiger charge is 2.29. The summed E-state index contributed by atoms with van der Waals surface area (Å²) >= 11 is 0. The Morgan fingerprint density at radius 1 is 1.33 bits per heavy atom. The van der Waals surface area contributed by atoms with Crippen LogP contribution < -0.4 is 11.1 Å². The van der Waals surface area contributed by atoms with Crippen LogP contribution in [0.2, 0.25) is 0 Å². The second kappa shape index (κ2) is 7.07. The van der Waals surface area contributed by atoms with Crippen molar-refractivity contribution in [1.29, 1.82) is 0 Å². The molecular weight excluding hydrogens is 230 g/mol. The highest BCUT2D eigenvalue weighted by Crippen LogP contribution is 2.18. The minimum Gasteiger partial charge on any atom is -0.364 e. The number of nitrogens with two attached hydrogens (primary N) is 1. The number of carbonyl (C=O) groups is 1. The third kappa shape index (κ3) is 3.93. The molecule has 0 aromatic carbocycles. The molecule has 2 heterocycles. The smallest absolute Gasteiger partial charge is 0.249 e. The van der Waals surface area contributed by atoms with Crippen LogP contribution in [0.4, 0.5) is 0 Å². The zero-order chi connectivity index (χ0) is 12.8. The van der Waals surface area contributed by atoms with Crippen LogP contribution in [0.1, 0.15) is 32.1 Å². The van der Waals surface area contributed by atoms with E-state index in [-0.39, 0.29) is 18.1 Å². The number of rotatable bonds is 6. The lowest BCUT2D eigenvalue weighted by Crippen LogP contribution is -2.37. The average molecular weight is 255 g/mol. The first-order chi connectivity index (χ1) is 8.79. The van der Waals surface area contributed by atoms with Gasteiger partial charge in [0.05, 0.1) is 6.10 Å². The molecule has 2 rings (SSSR count). The summed E-state index contributed by atoms with van der Waals surface area (Å²) < 4.78 is 5.56. The third-order valence-corrected chi connectivity index (χ3v) is 3.81. The quantitative estimate of drug-likeness (QED) is 0.660. The van der Waals surface area contributed by atoms with E-state index in [4.69, 9.17) is 10.5 Å². The standard InChI is InChI=1S/C13H25N3O2/c14-10-11-4-5-12(18-11)13(17)15-6-3-9-16-7-1-2-8-16/h11-12H,1-10,14H2,(H,15,17). The van der Waals surface area contributed by atoms with Gasteiger partial charge in [0.2, 0.25) is 5.91 Å². The van der Waals surface area contributed by atoms with Crippen molar-refractivity contribution in [2.45, 2.75) is 44.3 Å². The van der Waals surface area contributed by atoms with E-state index in [0.717, 1.165) is 32.4 Å². The molecule has 5 nitrogen and oxygen atoms in total. The molecule has 0 spiro atoms. The molecule has 2 aliphatic heterocycles. The van der Waals surface area contributed by atoms with Crippen LogP contribution in [-0.4, -0.2) is 55.7 Å². The normalized spacial score (nSPS) is 28.7. The fraction of sp³-hybridized carbons (Fsp3) is 0.923. The monoisotopic (exact) mass is 255 g/mol. The zero-order valence-corrected chi connectivity index (χ0v) is 11.1. The molecule has 0 aromatic heterocycles. The topological polar surface area (TPSA) is 67.6 Å². The summed E-state index contributed by atoms with van der Waals surface area (Å²) in [7, 11) is 0. The maximum atomic E-state index is 11.8. The van der Waals surface area contributed by atoms with E-state index in [1.165, 1.54) is 25.9 Å². The van der Waals surface area contributed by atoms with E-state index in [2.05, 4.69) is 10.2 Å². The largest absolute Gasteiger partial charge is 0.364 e. The van der Waals surface area contributed by atoms with E-state index in [1.807, 2.05) is 0 Å². The summed E-state index contributed by atoms with van der Waals surface area (Å²) in [6.45, 7) is 4.80. The van der Waals surface area contributed by atoms with Crippen molar-refractivity contribution in [2.24, 2.45) is 5.73 Å². The minimum absolute atomic E-state index is 0.0346. The second-order valence-electron chi connectivity index (χ2n) is 5.25. The van der Waals surface area contributed by atoms with Crippen molar-refractivity contribution in [3.8, 4) is 0 Å². The summed E-state index contributed by atoms with van der Waals surface area (Å²) in [6.07, 6.45) is 5.18. The number of hydrogen-bond acceptors (Lipinski definition) is 4. The fourth-order valence-corrected chi connectivity index (χ4v) is 2.71. The molecule has 0 radical (unpaired) electrons. The minimum atomic E-state index is -0.273. The summed E-state index contributed by atoms with van der Waals surface area (Å²) in [5, 5.41) is 2.96. The van der Waals surface area contributed by atoms with Crippen molar-refractivity contribution < 1.29 is 9.53 Å². The van der Waals surface area contributed by atoms with Crippen LogP contribution in [0, 0.1) is 0 Å². The van der Waals surface area contributed by atoms with Crippen LogP contribution in [-0.2, 0) is 9.53 Å². The Morgan fingerprint density at radius 3 is 2.78 bits per heavy atom. The Kier molecular flexibility index (Phi) is 5.41. The van der Waals surface area contributed by atoms with Gasteiger partial charge in [-0.3, -0.25) is 4.79 Å². The molecule has 18 heavy (non-hydrogen) atoms. The Morgan fingerprint density at radius 2 is 2.11 bits per heavy atom. The number of nitrogens with zero attached hydrogens (tertiary/aromatic N) is 1. The van der Waals surface area contributed by atoms with Crippen molar-refractivity contribution in [2.75, 3.05) is 32.7 Å². The number of hydrogen-bond donors (Lipinski definition) is 2. The predicted molar refractivity (Wildman–Crippen MR) is 70.3 cm³/mol. The Labute approximate surface area is 109 Å². The van der Waals surface area contributed by atoms with Gasteiger partial charge >= 0.3 is 0 Å². The van der Waals surface area contributed by atoms with Crippen LogP contribution >= 0.6 is 0 Å². The first-order valence-electron chi connectivity index (χ1n) is 7.15. The van der Waals surface area contributed by atoms with Crippen LogP contribution in [0.3, 0.4) is 0 Å². The van der Waals surface area contributed by atoms with Crippen LogP contribution in [0.25, 0.3) is 0 Å². The summed E-state index contributed by atoms with van der Waals surface area (Å²) in [6, 6.07) is 0. The molecule has 0 aromatic rings. The number of carbonyl (C=O) groups excluding carboxylic acids is 1. The molecule has 3 N–H and O–H groups in total. The van der Waals surface area contributed by atoms with Gasteiger partial charge in [-0.15, -0.1) is 0 Å². The Hall–Kier alpha value is -0.650. The SMILES string of the molecule is NCC1CCC(C(=O)NCCCN2CCCC2)O1. The molecular formula is C13H25N3O2. The molecule has 2 atom stereocenters. The Bertz CT molecular complexity index is 267. The molecule has 1 amide bonds. The Balaban J connectivity index is 1.54. The first kappa shape index (κ1) is 13.8. The van der Waals surface area contributed by atoms with Gasteiger partial charge in [-0.2, -0.15) is 0 Å². The molecule has 2 fully saturated rings. The molecule has 0 bridgehead atoms. The van der Waals surface area contributed by atoms with Gasteiger partial charge in [-0.25, -0.2) is 0 Å². The van der Waals surface area contributed by atoms with E-state index in [1.54, 1.807) is 0 Å². The summed E-state index contributed by atoms with van der Waals surface area (Å²) in [4.78, 5) is 14.3. The van der Waals surface area contributed by atoms with Crippen molar-refractivity contribution in [3.05, 3.63) is 0 Å². The number of likely N-dealkylation sites (tertiary alicyclic amines) is 1. The predicted octanol–water partition coefficient (Wildman–Crippen LogP) is 0.0948. The van der Waals surface area contributed by atoms with Crippen molar-refractivity contribution in [1.82, 2.24) is 10.2 Å². The van der Waals surface area contributed by atoms with Gasteiger partial charge in [0.1, 0.15) is 6.10 Å². The molecule has 0 aliphatic carbocycles. The first-order valence-corrected chi connectivity index (χ1v) is 7.15. The van der Waals surface area contributed by atoms with E-state index in [0.29, 0.717) is 6.54 Å². The zero-order valence-electron chi connectivity index (χ0n) is 11.1. The lowest BCUT2D eigenvalue weighted by atomic mass is 10.2. The van der Waals surface area contributed by atoms with Crippen molar-refractivity contribution >= 4 is 5.91 Å². The van der Waals surface area contributed by atoms with E-state index >= 15 is 0 Å². The van der Waals surface area contributed by atoms with Gasteiger partial charge in [-0.05, 0) is 51.7 Å². The van der Waals surface area contributed by atoms with E-state index in [9.17, 15) is 4.79 Å². The van der Waals surface area contributed by atoms with E-state index < -0.39 is 0 Å².